The molecule has 24 heavy (non-hydrogen) atoms. The molecule has 2 rings (SSSR count). The Balaban J connectivity index is 2.06. The number of nitrogens with one attached hydrogen (secondary N) is 1. The molecule has 0 bridgehead atoms. The Morgan fingerprint density at radius 3 is 2.50 bits per heavy atom. The Morgan fingerprint density at radius 2 is 1.83 bits per heavy atom. The fraction of sp³-hybridized carbons (Fsp3) is 0.389. The summed E-state index contributed by atoms with van der Waals surface area (Å²) in [6.45, 7) is 3.99. The number of hydrogen-bond donors (Lipinski definition) is 1. The van der Waals surface area contributed by atoms with Crippen molar-refractivity contribution >= 4 is 11.7 Å². The van der Waals surface area contributed by atoms with E-state index in [4.69, 9.17) is 0 Å². The monoisotopic (exact) mass is 327 g/mol. The summed E-state index contributed by atoms with van der Waals surface area (Å²) in [6.07, 6.45) is 0. The SMILES string of the molecule is Cc1nc(NCCN(C)C)cc(C(=O)N(C)Cc2ccccc2)n1. The second kappa shape index (κ2) is 8.40. The Kier molecular flexibility index (Phi) is 6.26. The first-order valence-corrected chi connectivity index (χ1v) is 7.99. The smallest absolute Gasteiger partial charge is 0.272 e. The van der Waals surface area contributed by atoms with E-state index in [1.54, 1.807) is 24.9 Å². The Morgan fingerprint density at radius 1 is 1.12 bits per heavy atom. The van der Waals surface area contributed by atoms with E-state index in [0.29, 0.717) is 23.9 Å². The summed E-state index contributed by atoms with van der Waals surface area (Å²) in [7, 11) is 5.81. The zero-order chi connectivity index (χ0) is 17.5. The lowest BCUT2D eigenvalue weighted by atomic mass is 10.2. The molecular weight excluding hydrogens is 302 g/mol. The molecule has 6 nitrogen and oxygen atoms in total. The largest absolute Gasteiger partial charge is 0.369 e. The van der Waals surface area contributed by atoms with Gasteiger partial charge in [0.05, 0.1) is 0 Å². The number of nitrogens with zero attached hydrogens (tertiary/aromatic N) is 4. The van der Waals surface area contributed by atoms with Gasteiger partial charge in [0.2, 0.25) is 0 Å². The van der Waals surface area contributed by atoms with Gasteiger partial charge in [0, 0.05) is 32.7 Å². The van der Waals surface area contributed by atoms with Crippen molar-refractivity contribution in [3.8, 4) is 0 Å². The van der Waals surface area contributed by atoms with Gasteiger partial charge in [-0.15, -0.1) is 0 Å². The van der Waals surface area contributed by atoms with E-state index in [1.165, 1.54) is 0 Å². The minimum Gasteiger partial charge on any atom is -0.369 e. The lowest BCUT2D eigenvalue weighted by Crippen LogP contribution is -2.27. The highest BCUT2D eigenvalue weighted by Gasteiger charge is 2.15. The number of carbonyl (C=O) groups excluding carboxylic acids is 1. The minimum atomic E-state index is -0.111. The number of carbonyl (C=O) groups is 1. The molecule has 0 unspecified atom stereocenters. The van der Waals surface area contributed by atoms with Gasteiger partial charge in [0.25, 0.3) is 5.91 Å². The molecule has 1 N–H and O–H groups in total. The molecule has 128 valence electrons. The summed E-state index contributed by atoms with van der Waals surface area (Å²) >= 11 is 0. The quantitative estimate of drug-likeness (QED) is 0.843. The van der Waals surface area contributed by atoms with Crippen LogP contribution in [0.4, 0.5) is 5.82 Å². The molecule has 0 aliphatic rings. The van der Waals surface area contributed by atoms with Crippen LogP contribution in [0.15, 0.2) is 36.4 Å². The highest BCUT2D eigenvalue weighted by atomic mass is 16.2. The average Bonchev–Trinajstić information content (AvgIpc) is 2.54. The molecule has 0 saturated carbocycles. The number of benzene rings is 1. The van der Waals surface area contributed by atoms with Crippen molar-refractivity contribution in [3.63, 3.8) is 0 Å². The number of anilines is 1. The molecule has 0 atom stereocenters. The summed E-state index contributed by atoms with van der Waals surface area (Å²) in [5, 5.41) is 3.24. The predicted octanol–water partition coefficient (Wildman–Crippen LogP) is 2.03. The molecule has 0 radical (unpaired) electrons. The van der Waals surface area contributed by atoms with Gasteiger partial charge < -0.3 is 15.1 Å². The predicted molar refractivity (Wildman–Crippen MR) is 96.1 cm³/mol. The zero-order valence-corrected chi connectivity index (χ0v) is 14.8. The summed E-state index contributed by atoms with van der Waals surface area (Å²) < 4.78 is 0. The van der Waals surface area contributed by atoms with Crippen molar-refractivity contribution in [2.24, 2.45) is 0 Å². The number of aromatic nitrogens is 2. The van der Waals surface area contributed by atoms with Gasteiger partial charge in [-0.1, -0.05) is 30.3 Å². The molecular formula is C18H25N5O. The van der Waals surface area contributed by atoms with Gasteiger partial charge >= 0.3 is 0 Å². The Hall–Kier alpha value is -2.47. The number of likely N-dealkylation sites (N-methyl/N-ethyl adjacent to an activating group) is 1. The van der Waals surface area contributed by atoms with Gasteiger partial charge in [-0.25, -0.2) is 9.97 Å². The van der Waals surface area contributed by atoms with Crippen LogP contribution in [0.2, 0.25) is 0 Å². The molecule has 2 aromatic rings. The summed E-state index contributed by atoms with van der Waals surface area (Å²) in [5.41, 5.74) is 1.50. The summed E-state index contributed by atoms with van der Waals surface area (Å²) in [5.74, 6) is 1.15. The second-order valence-corrected chi connectivity index (χ2v) is 6.06. The average molecular weight is 327 g/mol. The second-order valence-electron chi connectivity index (χ2n) is 6.06. The van der Waals surface area contributed by atoms with Crippen LogP contribution >= 0.6 is 0 Å². The van der Waals surface area contributed by atoms with Crippen LogP contribution in [0.3, 0.4) is 0 Å². The maximum absolute atomic E-state index is 12.6. The van der Waals surface area contributed by atoms with Gasteiger partial charge in [-0.2, -0.15) is 0 Å². The summed E-state index contributed by atoms with van der Waals surface area (Å²) in [4.78, 5) is 25.0. The van der Waals surface area contributed by atoms with Crippen LogP contribution in [0.5, 0.6) is 0 Å². The molecule has 0 aliphatic carbocycles. The number of aryl methyl sites for hydroxylation is 1. The van der Waals surface area contributed by atoms with E-state index < -0.39 is 0 Å². The number of amides is 1. The van der Waals surface area contributed by atoms with Gasteiger partial charge in [0.15, 0.2) is 0 Å². The standard InChI is InChI=1S/C18H25N5O/c1-14-20-16(12-17(21-14)19-10-11-22(2)3)18(24)23(4)13-15-8-6-5-7-9-15/h5-9,12H,10-11,13H2,1-4H3,(H,19,20,21). The van der Waals surface area contributed by atoms with Crippen molar-refractivity contribution in [2.45, 2.75) is 13.5 Å². The molecule has 1 aromatic carbocycles. The van der Waals surface area contributed by atoms with Crippen molar-refractivity contribution in [2.75, 3.05) is 39.5 Å². The highest BCUT2D eigenvalue weighted by Crippen LogP contribution is 2.11. The van der Waals surface area contributed by atoms with Crippen LogP contribution in [-0.2, 0) is 6.54 Å². The molecule has 0 aliphatic heterocycles. The number of rotatable bonds is 7. The third-order valence-electron chi connectivity index (χ3n) is 3.53. The van der Waals surface area contributed by atoms with Crippen LogP contribution in [-0.4, -0.2) is 59.9 Å². The molecule has 0 fully saturated rings. The van der Waals surface area contributed by atoms with Crippen LogP contribution < -0.4 is 5.32 Å². The highest BCUT2D eigenvalue weighted by molar-refractivity contribution is 5.92. The molecule has 1 aromatic heterocycles. The third kappa shape index (κ3) is 5.31. The third-order valence-corrected chi connectivity index (χ3v) is 3.53. The first kappa shape index (κ1) is 17.9. The maximum Gasteiger partial charge on any atom is 0.272 e. The van der Waals surface area contributed by atoms with E-state index in [9.17, 15) is 4.79 Å². The zero-order valence-electron chi connectivity index (χ0n) is 14.8. The van der Waals surface area contributed by atoms with Crippen molar-refractivity contribution in [3.05, 3.63) is 53.5 Å². The maximum atomic E-state index is 12.6. The van der Waals surface area contributed by atoms with E-state index in [1.807, 2.05) is 44.4 Å². The molecule has 1 amide bonds. The number of hydrogen-bond acceptors (Lipinski definition) is 5. The molecule has 1 heterocycles. The molecule has 0 spiro atoms. The Bertz CT molecular complexity index is 672. The van der Waals surface area contributed by atoms with E-state index in [-0.39, 0.29) is 5.91 Å². The fourth-order valence-corrected chi connectivity index (χ4v) is 2.30. The van der Waals surface area contributed by atoms with Gasteiger partial charge in [-0.05, 0) is 26.6 Å². The van der Waals surface area contributed by atoms with Gasteiger partial charge in [-0.3, -0.25) is 4.79 Å². The molecule has 0 saturated heterocycles. The summed E-state index contributed by atoms with van der Waals surface area (Å²) in [6, 6.07) is 11.6. The van der Waals surface area contributed by atoms with E-state index in [0.717, 1.165) is 18.7 Å². The lowest BCUT2D eigenvalue weighted by Gasteiger charge is -2.17. The van der Waals surface area contributed by atoms with Crippen LogP contribution in [0.25, 0.3) is 0 Å². The van der Waals surface area contributed by atoms with Crippen molar-refractivity contribution in [1.82, 2.24) is 19.8 Å². The van der Waals surface area contributed by atoms with Gasteiger partial charge in [0.1, 0.15) is 17.3 Å². The van der Waals surface area contributed by atoms with E-state index >= 15 is 0 Å². The van der Waals surface area contributed by atoms with Crippen LogP contribution in [0.1, 0.15) is 21.9 Å². The minimum absolute atomic E-state index is 0.111. The Labute approximate surface area is 143 Å². The normalized spacial score (nSPS) is 10.7. The fourth-order valence-electron chi connectivity index (χ4n) is 2.30. The first-order valence-electron chi connectivity index (χ1n) is 7.99. The topological polar surface area (TPSA) is 61.4 Å². The van der Waals surface area contributed by atoms with Crippen molar-refractivity contribution < 1.29 is 4.79 Å². The first-order chi connectivity index (χ1) is 11.5. The lowest BCUT2D eigenvalue weighted by molar-refractivity contribution is 0.0779. The van der Waals surface area contributed by atoms with E-state index in [2.05, 4.69) is 20.2 Å². The van der Waals surface area contributed by atoms with Crippen molar-refractivity contribution in [1.29, 1.82) is 0 Å². The van der Waals surface area contributed by atoms with Crippen LogP contribution in [0, 0.1) is 6.92 Å². The molecule has 6 heteroatoms.